The molecule has 0 saturated carbocycles. The van der Waals surface area contributed by atoms with Crippen LogP contribution in [-0.2, 0) is 0 Å². The number of nitrogens with zero attached hydrogens (tertiary/aromatic N) is 3. The summed E-state index contributed by atoms with van der Waals surface area (Å²) >= 11 is 0. The van der Waals surface area contributed by atoms with Crippen molar-refractivity contribution in [2.24, 2.45) is 4.99 Å². The van der Waals surface area contributed by atoms with Gasteiger partial charge in [-0.1, -0.05) is 0 Å². The fraction of sp³-hybridized carbons (Fsp3) is 0.333. The van der Waals surface area contributed by atoms with Gasteiger partial charge in [-0.2, -0.15) is 5.26 Å². The van der Waals surface area contributed by atoms with E-state index in [1.807, 2.05) is 14.1 Å². The minimum absolute atomic E-state index is 0.445. The predicted octanol–water partition coefficient (Wildman–Crippen LogP) is 1.80. The molecule has 17 heavy (non-hydrogen) atoms. The van der Waals surface area contributed by atoms with Gasteiger partial charge in [-0.05, 0) is 0 Å². The highest BCUT2D eigenvalue weighted by molar-refractivity contribution is 5.68. The van der Waals surface area contributed by atoms with E-state index in [2.05, 4.69) is 11.1 Å². The van der Waals surface area contributed by atoms with Crippen molar-refractivity contribution in [2.45, 2.75) is 0 Å². The standard InChI is InChI=1S/C12H15N3O2/c1-15(2)8-14-10-6-12(17-4)11(16-3)5-9(10)7-13/h5-6,8H,1-4H3/b14-8-. The van der Waals surface area contributed by atoms with Gasteiger partial charge in [-0.15, -0.1) is 0 Å². The summed E-state index contributed by atoms with van der Waals surface area (Å²) in [5, 5.41) is 9.03. The number of hydrogen-bond acceptors (Lipinski definition) is 4. The molecule has 0 amide bonds. The van der Waals surface area contributed by atoms with Crippen molar-refractivity contribution >= 4 is 12.0 Å². The van der Waals surface area contributed by atoms with Crippen molar-refractivity contribution in [3.05, 3.63) is 17.7 Å². The van der Waals surface area contributed by atoms with Gasteiger partial charge in [0.15, 0.2) is 11.5 Å². The fourth-order valence-corrected chi connectivity index (χ4v) is 1.24. The van der Waals surface area contributed by atoms with E-state index in [4.69, 9.17) is 14.7 Å². The summed E-state index contributed by atoms with van der Waals surface area (Å²) in [5.74, 6) is 1.07. The number of rotatable bonds is 4. The first-order chi connectivity index (χ1) is 8.12. The Morgan fingerprint density at radius 1 is 1.24 bits per heavy atom. The van der Waals surface area contributed by atoms with Crippen LogP contribution in [-0.4, -0.2) is 39.6 Å². The molecule has 0 aromatic heterocycles. The lowest BCUT2D eigenvalue weighted by Crippen LogP contribution is -2.07. The first-order valence-corrected chi connectivity index (χ1v) is 4.99. The third-order valence-corrected chi connectivity index (χ3v) is 2.05. The number of methoxy groups -OCH3 is 2. The third kappa shape index (κ3) is 3.11. The normalized spacial score (nSPS) is 10.1. The number of benzene rings is 1. The summed E-state index contributed by atoms with van der Waals surface area (Å²) in [6, 6.07) is 5.37. The number of ether oxygens (including phenoxy) is 2. The molecule has 0 aliphatic carbocycles. The van der Waals surface area contributed by atoms with Gasteiger partial charge in [0, 0.05) is 26.2 Å². The van der Waals surface area contributed by atoms with Crippen molar-refractivity contribution in [3.63, 3.8) is 0 Å². The van der Waals surface area contributed by atoms with Crippen molar-refractivity contribution in [1.29, 1.82) is 5.26 Å². The van der Waals surface area contributed by atoms with Crippen molar-refractivity contribution < 1.29 is 9.47 Å². The lowest BCUT2D eigenvalue weighted by Gasteiger charge is -2.09. The van der Waals surface area contributed by atoms with Gasteiger partial charge in [-0.25, -0.2) is 4.99 Å². The zero-order valence-electron chi connectivity index (χ0n) is 10.4. The second-order valence-electron chi connectivity index (χ2n) is 3.54. The molecule has 0 spiro atoms. The van der Waals surface area contributed by atoms with E-state index in [-0.39, 0.29) is 0 Å². The highest BCUT2D eigenvalue weighted by Gasteiger charge is 2.09. The molecule has 0 N–H and O–H groups in total. The van der Waals surface area contributed by atoms with Crippen molar-refractivity contribution in [1.82, 2.24) is 4.90 Å². The maximum atomic E-state index is 9.03. The van der Waals surface area contributed by atoms with Gasteiger partial charge >= 0.3 is 0 Å². The van der Waals surface area contributed by atoms with Gasteiger partial charge in [0.25, 0.3) is 0 Å². The van der Waals surface area contributed by atoms with Crippen molar-refractivity contribution in [2.75, 3.05) is 28.3 Å². The quantitative estimate of drug-likeness (QED) is 0.587. The predicted molar refractivity (Wildman–Crippen MR) is 66.1 cm³/mol. The Balaban J connectivity index is 3.25. The molecule has 5 nitrogen and oxygen atoms in total. The molecule has 0 saturated heterocycles. The van der Waals surface area contributed by atoms with Gasteiger partial charge in [0.05, 0.1) is 31.8 Å². The van der Waals surface area contributed by atoms with E-state index in [0.29, 0.717) is 22.7 Å². The third-order valence-electron chi connectivity index (χ3n) is 2.05. The first-order valence-electron chi connectivity index (χ1n) is 4.99. The van der Waals surface area contributed by atoms with Crippen LogP contribution in [0.2, 0.25) is 0 Å². The summed E-state index contributed by atoms with van der Waals surface area (Å²) < 4.78 is 10.3. The average Bonchev–Trinajstić information content (AvgIpc) is 2.34. The lowest BCUT2D eigenvalue weighted by molar-refractivity contribution is 0.355. The molecule has 0 aliphatic heterocycles. The number of hydrogen-bond donors (Lipinski definition) is 0. The molecule has 0 aliphatic rings. The molecule has 5 heteroatoms. The summed E-state index contributed by atoms with van der Waals surface area (Å²) in [6.45, 7) is 0. The van der Waals surface area contributed by atoms with Crippen LogP contribution in [0.1, 0.15) is 5.56 Å². The van der Waals surface area contributed by atoms with E-state index in [1.165, 1.54) is 7.11 Å². The highest BCUT2D eigenvalue weighted by Crippen LogP contribution is 2.34. The zero-order valence-corrected chi connectivity index (χ0v) is 10.4. The molecule has 1 rings (SSSR count). The Morgan fingerprint density at radius 3 is 2.29 bits per heavy atom. The molecule has 0 fully saturated rings. The Bertz CT molecular complexity index is 462. The smallest absolute Gasteiger partial charge is 0.162 e. The first kappa shape index (κ1) is 12.8. The molecule has 0 unspecified atom stereocenters. The molecule has 0 heterocycles. The monoisotopic (exact) mass is 233 g/mol. The summed E-state index contributed by atoms with van der Waals surface area (Å²) in [5.41, 5.74) is 1.000. The summed E-state index contributed by atoms with van der Waals surface area (Å²) in [7, 11) is 6.79. The van der Waals surface area contributed by atoms with E-state index < -0.39 is 0 Å². The Kier molecular flexibility index (Phi) is 4.35. The van der Waals surface area contributed by atoms with Crippen LogP contribution in [0.3, 0.4) is 0 Å². The maximum absolute atomic E-state index is 9.03. The van der Waals surface area contributed by atoms with Crippen LogP contribution in [0.25, 0.3) is 0 Å². The Morgan fingerprint density at radius 2 is 1.82 bits per heavy atom. The number of aliphatic imine (C=N–C) groups is 1. The van der Waals surface area contributed by atoms with Gasteiger partial charge in [0.2, 0.25) is 0 Å². The van der Waals surface area contributed by atoms with Gasteiger partial charge < -0.3 is 14.4 Å². The van der Waals surface area contributed by atoms with E-state index in [0.717, 1.165) is 0 Å². The fourth-order valence-electron chi connectivity index (χ4n) is 1.24. The molecule has 1 aromatic rings. The van der Waals surface area contributed by atoms with E-state index in [9.17, 15) is 0 Å². The largest absolute Gasteiger partial charge is 0.493 e. The van der Waals surface area contributed by atoms with E-state index in [1.54, 1.807) is 30.5 Å². The van der Waals surface area contributed by atoms with Gasteiger partial charge in [-0.3, -0.25) is 0 Å². The zero-order chi connectivity index (χ0) is 12.8. The summed E-state index contributed by atoms with van der Waals surface area (Å²) in [6.07, 6.45) is 1.63. The second kappa shape index (κ2) is 5.75. The van der Waals surface area contributed by atoms with Crippen LogP contribution in [0, 0.1) is 11.3 Å². The second-order valence-corrected chi connectivity index (χ2v) is 3.54. The SMILES string of the molecule is COc1cc(C#N)c(/N=C\N(C)C)cc1OC. The van der Waals surface area contributed by atoms with E-state index >= 15 is 0 Å². The minimum atomic E-state index is 0.445. The molecule has 90 valence electrons. The van der Waals surface area contributed by atoms with Crippen LogP contribution < -0.4 is 9.47 Å². The van der Waals surface area contributed by atoms with Crippen LogP contribution in [0.5, 0.6) is 11.5 Å². The molecular formula is C12H15N3O2. The molecule has 0 radical (unpaired) electrons. The maximum Gasteiger partial charge on any atom is 0.162 e. The van der Waals surface area contributed by atoms with Crippen LogP contribution >= 0.6 is 0 Å². The van der Waals surface area contributed by atoms with Gasteiger partial charge in [0.1, 0.15) is 6.07 Å². The van der Waals surface area contributed by atoms with Crippen molar-refractivity contribution in [3.8, 4) is 17.6 Å². The van der Waals surface area contributed by atoms with Crippen LogP contribution in [0.15, 0.2) is 17.1 Å². The van der Waals surface area contributed by atoms with Crippen LogP contribution in [0.4, 0.5) is 5.69 Å². The average molecular weight is 233 g/mol. The summed E-state index contributed by atoms with van der Waals surface area (Å²) in [4.78, 5) is 5.99. The highest BCUT2D eigenvalue weighted by atomic mass is 16.5. The topological polar surface area (TPSA) is 57.8 Å². The molecule has 0 atom stereocenters. The Hall–Kier alpha value is -2.22. The molecular weight excluding hydrogens is 218 g/mol. The minimum Gasteiger partial charge on any atom is -0.493 e. The number of nitriles is 1. The Labute approximate surface area is 101 Å². The molecule has 1 aromatic carbocycles. The molecule has 0 bridgehead atoms. The lowest BCUT2D eigenvalue weighted by atomic mass is 10.1.